The molecular weight excluding hydrogens is 336 g/mol. The molecule has 0 spiro atoms. The van der Waals surface area contributed by atoms with Crippen LogP contribution in [0.1, 0.15) is 61.9 Å². The highest BCUT2D eigenvalue weighted by Gasteiger charge is 2.25. The second-order valence-electron chi connectivity index (χ2n) is 8.27. The van der Waals surface area contributed by atoms with Crippen LogP contribution < -0.4 is 5.32 Å². The fourth-order valence-electron chi connectivity index (χ4n) is 4.74. The number of piperidine rings is 1. The molecule has 3 heterocycles. The number of rotatable bonds is 4. The molecule has 2 aliphatic rings. The van der Waals surface area contributed by atoms with Crippen molar-refractivity contribution in [1.29, 1.82) is 0 Å². The number of para-hydroxylation sites is 2. The summed E-state index contributed by atoms with van der Waals surface area (Å²) < 4.78 is 2.08. The summed E-state index contributed by atoms with van der Waals surface area (Å²) in [6.45, 7) is 3.18. The Morgan fingerprint density at radius 2 is 1.93 bits per heavy atom. The molecule has 0 amide bonds. The van der Waals surface area contributed by atoms with Crippen LogP contribution in [0.3, 0.4) is 0 Å². The van der Waals surface area contributed by atoms with E-state index in [4.69, 9.17) is 4.98 Å². The first-order chi connectivity index (χ1) is 13.3. The molecule has 1 saturated carbocycles. The first kappa shape index (κ1) is 16.9. The van der Waals surface area contributed by atoms with Crippen LogP contribution in [0.15, 0.2) is 30.5 Å². The van der Waals surface area contributed by atoms with Crippen LogP contribution in [0.25, 0.3) is 11.0 Å². The van der Waals surface area contributed by atoms with E-state index in [-0.39, 0.29) is 0 Å². The molecule has 5 rings (SSSR count). The van der Waals surface area contributed by atoms with Crippen LogP contribution in [0.4, 0.5) is 0 Å². The summed E-state index contributed by atoms with van der Waals surface area (Å²) in [5, 5.41) is 12.3. The van der Waals surface area contributed by atoms with Crippen molar-refractivity contribution in [2.75, 3.05) is 13.1 Å². The number of aromatic nitrogens is 5. The Labute approximate surface area is 159 Å². The maximum absolute atomic E-state index is 4.81. The number of nitrogens with zero attached hydrogens (tertiary/aromatic N) is 4. The van der Waals surface area contributed by atoms with Gasteiger partial charge in [-0.15, -0.1) is 5.10 Å². The lowest BCUT2D eigenvalue weighted by Gasteiger charge is -2.27. The third-order valence-corrected chi connectivity index (χ3v) is 6.36. The van der Waals surface area contributed by atoms with E-state index in [1.807, 2.05) is 0 Å². The monoisotopic (exact) mass is 364 g/mol. The number of aromatic amines is 1. The molecule has 2 aromatic heterocycles. The van der Waals surface area contributed by atoms with Gasteiger partial charge in [0.2, 0.25) is 0 Å². The minimum atomic E-state index is 0.538. The number of hydrogen-bond donors (Lipinski definition) is 2. The average Bonchev–Trinajstić information content (AvgIpc) is 3.36. The van der Waals surface area contributed by atoms with Crippen LogP contribution in [0.2, 0.25) is 0 Å². The quantitative estimate of drug-likeness (QED) is 0.742. The molecular formula is C21H28N6. The van der Waals surface area contributed by atoms with Crippen LogP contribution in [0, 0.1) is 5.92 Å². The summed E-state index contributed by atoms with van der Waals surface area (Å²) in [4.78, 5) is 8.34. The highest BCUT2D eigenvalue weighted by atomic mass is 15.4. The van der Waals surface area contributed by atoms with Gasteiger partial charge in [-0.05, 0) is 63.1 Å². The molecule has 1 aliphatic carbocycles. The predicted molar refractivity (Wildman–Crippen MR) is 106 cm³/mol. The molecule has 6 nitrogen and oxygen atoms in total. The van der Waals surface area contributed by atoms with Gasteiger partial charge in [0, 0.05) is 31.1 Å². The summed E-state index contributed by atoms with van der Waals surface area (Å²) in [5.74, 6) is 2.97. The zero-order chi connectivity index (χ0) is 18.1. The smallest absolute Gasteiger partial charge is 0.110 e. The fourth-order valence-corrected chi connectivity index (χ4v) is 4.74. The predicted octanol–water partition coefficient (Wildman–Crippen LogP) is 3.60. The lowest BCUT2D eigenvalue weighted by Crippen LogP contribution is -2.28. The number of imidazole rings is 1. The Balaban J connectivity index is 1.18. The van der Waals surface area contributed by atoms with Gasteiger partial charge in [0.15, 0.2) is 0 Å². The van der Waals surface area contributed by atoms with Gasteiger partial charge in [-0.2, -0.15) is 0 Å². The Morgan fingerprint density at radius 3 is 2.74 bits per heavy atom. The Bertz CT molecular complexity index is 850. The lowest BCUT2D eigenvalue weighted by molar-refractivity contribution is 0.279. The zero-order valence-electron chi connectivity index (χ0n) is 15.8. The van der Waals surface area contributed by atoms with Crippen molar-refractivity contribution in [1.82, 2.24) is 30.3 Å². The van der Waals surface area contributed by atoms with Gasteiger partial charge in [0.05, 0.1) is 16.7 Å². The van der Waals surface area contributed by atoms with E-state index >= 15 is 0 Å². The molecule has 0 unspecified atom stereocenters. The molecule has 1 atom stereocenters. The number of benzene rings is 1. The van der Waals surface area contributed by atoms with Crippen molar-refractivity contribution in [3.8, 4) is 0 Å². The van der Waals surface area contributed by atoms with E-state index in [1.165, 1.54) is 44.3 Å². The molecule has 2 fully saturated rings. The van der Waals surface area contributed by atoms with Crippen molar-refractivity contribution < 1.29 is 0 Å². The topological polar surface area (TPSA) is 71.4 Å². The SMILES string of the molecule is c1ccc2[nH]c(C3CCC(Cn4cc([C@H]5CCCNC5)nn4)CC3)nc2c1. The van der Waals surface area contributed by atoms with E-state index in [9.17, 15) is 0 Å². The molecule has 2 N–H and O–H groups in total. The third-order valence-electron chi connectivity index (χ3n) is 6.36. The number of hydrogen-bond acceptors (Lipinski definition) is 4. The van der Waals surface area contributed by atoms with E-state index in [1.54, 1.807) is 0 Å². The van der Waals surface area contributed by atoms with Crippen LogP contribution in [-0.4, -0.2) is 38.1 Å². The number of H-pyrrole nitrogens is 1. The Hall–Kier alpha value is -2.21. The van der Waals surface area contributed by atoms with E-state index in [0.717, 1.165) is 36.4 Å². The van der Waals surface area contributed by atoms with Crippen molar-refractivity contribution in [2.24, 2.45) is 5.92 Å². The number of fused-ring (bicyclic) bond motifs is 1. The zero-order valence-corrected chi connectivity index (χ0v) is 15.8. The molecule has 1 aliphatic heterocycles. The van der Waals surface area contributed by atoms with Gasteiger partial charge in [-0.3, -0.25) is 4.68 Å². The maximum atomic E-state index is 4.81. The summed E-state index contributed by atoms with van der Waals surface area (Å²) in [6, 6.07) is 8.32. The van der Waals surface area contributed by atoms with Crippen molar-refractivity contribution >= 4 is 11.0 Å². The molecule has 27 heavy (non-hydrogen) atoms. The molecule has 6 heteroatoms. The standard InChI is InChI=1S/C21H28N6/c1-2-6-19-18(5-1)23-21(24-19)16-9-7-15(8-10-16)13-27-14-20(25-26-27)17-4-3-11-22-12-17/h1-2,5-6,14-17,22H,3-4,7-13H2,(H,23,24)/t15?,16?,17-/m0/s1. The maximum Gasteiger partial charge on any atom is 0.110 e. The number of nitrogens with one attached hydrogen (secondary N) is 2. The second kappa shape index (κ2) is 7.43. The van der Waals surface area contributed by atoms with Gasteiger partial charge >= 0.3 is 0 Å². The minimum Gasteiger partial charge on any atom is -0.342 e. The summed E-state index contributed by atoms with van der Waals surface area (Å²) in [6.07, 6.45) is 9.54. The highest BCUT2D eigenvalue weighted by Crippen LogP contribution is 2.36. The largest absolute Gasteiger partial charge is 0.342 e. The molecule has 142 valence electrons. The molecule has 1 saturated heterocycles. The highest BCUT2D eigenvalue weighted by molar-refractivity contribution is 5.74. The first-order valence-corrected chi connectivity index (χ1v) is 10.4. The summed E-state index contributed by atoms with van der Waals surface area (Å²) in [7, 11) is 0. The average molecular weight is 364 g/mol. The van der Waals surface area contributed by atoms with E-state index in [0.29, 0.717) is 17.8 Å². The fraction of sp³-hybridized carbons (Fsp3) is 0.571. The Morgan fingerprint density at radius 1 is 1.04 bits per heavy atom. The van der Waals surface area contributed by atoms with Gasteiger partial charge in [0.25, 0.3) is 0 Å². The van der Waals surface area contributed by atoms with Gasteiger partial charge < -0.3 is 10.3 Å². The molecule has 3 aromatic rings. The van der Waals surface area contributed by atoms with Gasteiger partial charge in [0.1, 0.15) is 5.82 Å². The molecule has 0 radical (unpaired) electrons. The van der Waals surface area contributed by atoms with E-state index < -0.39 is 0 Å². The summed E-state index contributed by atoms with van der Waals surface area (Å²) in [5.41, 5.74) is 3.40. The minimum absolute atomic E-state index is 0.538. The first-order valence-electron chi connectivity index (χ1n) is 10.4. The molecule has 0 bridgehead atoms. The van der Waals surface area contributed by atoms with Crippen LogP contribution in [0.5, 0.6) is 0 Å². The van der Waals surface area contributed by atoms with Crippen molar-refractivity contribution in [3.05, 3.63) is 42.0 Å². The van der Waals surface area contributed by atoms with Gasteiger partial charge in [-0.25, -0.2) is 4.98 Å². The van der Waals surface area contributed by atoms with Crippen molar-refractivity contribution in [3.63, 3.8) is 0 Å². The van der Waals surface area contributed by atoms with Crippen LogP contribution >= 0.6 is 0 Å². The lowest BCUT2D eigenvalue weighted by atomic mass is 9.81. The molecule has 1 aromatic carbocycles. The van der Waals surface area contributed by atoms with Crippen LogP contribution in [-0.2, 0) is 6.54 Å². The summed E-state index contributed by atoms with van der Waals surface area (Å²) >= 11 is 0. The van der Waals surface area contributed by atoms with E-state index in [2.05, 4.69) is 55.8 Å². The van der Waals surface area contributed by atoms with Crippen molar-refractivity contribution in [2.45, 2.75) is 56.9 Å². The second-order valence-corrected chi connectivity index (χ2v) is 8.27. The normalized spacial score (nSPS) is 26.4. The Kier molecular flexibility index (Phi) is 4.66. The van der Waals surface area contributed by atoms with Gasteiger partial charge in [-0.1, -0.05) is 17.3 Å². The third kappa shape index (κ3) is 3.63.